The van der Waals surface area contributed by atoms with Crippen LogP contribution < -0.4 is 5.56 Å². The number of pyridine rings is 1. The zero-order chi connectivity index (χ0) is 17.1. The molecular weight excluding hydrogens is 411 g/mol. The van der Waals surface area contributed by atoms with Crippen LogP contribution in [-0.4, -0.2) is 9.38 Å². The van der Waals surface area contributed by atoms with Crippen molar-refractivity contribution in [3.05, 3.63) is 78.9 Å². The van der Waals surface area contributed by atoms with E-state index in [2.05, 4.69) is 53.8 Å². The molecule has 0 aliphatic rings. The average molecular weight is 432 g/mol. The maximum Gasteiger partial charge on any atom is 0.261 e. The van der Waals surface area contributed by atoms with E-state index in [-0.39, 0.29) is 5.56 Å². The molecule has 3 aromatic rings. The zero-order valence-corrected chi connectivity index (χ0v) is 16.2. The van der Waals surface area contributed by atoms with Crippen molar-refractivity contribution in [3.63, 3.8) is 0 Å². The molecule has 2 heterocycles. The van der Waals surface area contributed by atoms with E-state index in [1.54, 1.807) is 4.40 Å². The van der Waals surface area contributed by atoms with Gasteiger partial charge in [0.2, 0.25) is 0 Å². The number of unbranched alkanes of at least 4 members (excludes halogenated alkanes) is 1. The SMILES string of the molecule is CCCCc1nc2cccc(C)n2c(=O)c1Cc1ccc(I)cc1. The molecule has 0 amide bonds. The number of hydrogen-bond acceptors (Lipinski definition) is 2. The van der Waals surface area contributed by atoms with Crippen molar-refractivity contribution < 1.29 is 0 Å². The molecule has 0 spiro atoms. The first-order valence-electron chi connectivity index (χ1n) is 8.34. The molecule has 0 radical (unpaired) electrons. The molecule has 0 N–H and O–H groups in total. The molecule has 0 bridgehead atoms. The number of hydrogen-bond donors (Lipinski definition) is 0. The van der Waals surface area contributed by atoms with E-state index >= 15 is 0 Å². The number of aromatic nitrogens is 2. The molecule has 0 fully saturated rings. The molecule has 1 aromatic carbocycles. The molecule has 24 heavy (non-hydrogen) atoms. The Hall–Kier alpha value is -1.69. The summed E-state index contributed by atoms with van der Waals surface area (Å²) in [6.07, 6.45) is 3.64. The van der Waals surface area contributed by atoms with Crippen LogP contribution in [0.4, 0.5) is 0 Å². The molecule has 2 aromatic heterocycles. The summed E-state index contributed by atoms with van der Waals surface area (Å²) in [4.78, 5) is 17.9. The lowest BCUT2D eigenvalue weighted by molar-refractivity contribution is 0.759. The van der Waals surface area contributed by atoms with Gasteiger partial charge in [0, 0.05) is 21.2 Å². The zero-order valence-electron chi connectivity index (χ0n) is 14.1. The lowest BCUT2D eigenvalue weighted by atomic mass is 10.0. The van der Waals surface area contributed by atoms with Crippen LogP contribution in [0.2, 0.25) is 0 Å². The quantitative estimate of drug-likeness (QED) is 0.555. The standard InChI is InChI=1S/C20H21IN2O/c1-3-4-7-18-17(13-15-9-11-16(21)12-10-15)20(24)23-14(2)6-5-8-19(23)22-18/h5-6,8-12H,3-4,7,13H2,1-2H3. The van der Waals surface area contributed by atoms with E-state index in [9.17, 15) is 4.79 Å². The minimum atomic E-state index is 0.0720. The van der Waals surface area contributed by atoms with E-state index in [1.165, 1.54) is 3.57 Å². The highest BCUT2D eigenvalue weighted by atomic mass is 127. The van der Waals surface area contributed by atoms with Crippen LogP contribution in [0, 0.1) is 10.5 Å². The molecule has 0 saturated carbocycles. The summed E-state index contributed by atoms with van der Waals surface area (Å²) in [5.74, 6) is 0. The first-order chi connectivity index (χ1) is 11.6. The highest BCUT2D eigenvalue weighted by molar-refractivity contribution is 14.1. The predicted molar refractivity (Wildman–Crippen MR) is 107 cm³/mol. The third-order valence-corrected chi connectivity index (χ3v) is 5.00. The number of nitrogens with zero attached hydrogens (tertiary/aromatic N) is 2. The van der Waals surface area contributed by atoms with Gasteiger partial charge in [-0.1, -0.05) is 31.5 Å². The summed E-state index contributed by atoms with van der Waals surface area (Å²) in [6.45, 7) is 4.12. The third kappa shape index (κ3) is 3.53. The summed E-state index contributed by atoms with van der Waals surface area (Å²) in [5.41, 5.74) is 4.68. The van der Waals surface area contributed by atoms with Crippen LogP contribution >= 0.6 is 22.6 Å². The smallest absolute Gasteiger partial charge is 0.261 e. The Balaban J connectivity index is 2.15. The number of aryl methyl sites for hydroxylation is 2. The van der Waals surface area contributed by atoms with E-state index < -0.39 is 0 Å². The lowest BCUT2D eigenvalue weighted by Gasteiger charge is -2.12. The van der Waals surface area contributed by atoms with Gasteiger partial charge >= 0.3 is 0 Å². The van der Waals surface area contributed by atoms with Crippen molar-refractivity contribution in [1.29, 1.82) is 0 Å². The van der Waals surface area contributed by atoms with Gasteiger partial charge in [0.15, 0.2) is 0 Å². The molecule has 4 heteroatoms. The van der Waals surface area contributed by atoms with Crippen LogP contribution in [0.1, 0.15) is 42.3 Å². The number of benzene rings is 1. The first-order valence-corrected chi connectivity index (χ1v) is 9.42. The second-order valence-electron chi connectivity index (χ2n) is 6.11. The van der Waals surface area contributed by atoms with Crippen molar-refractivity contribution in [2.75, 3.05) is 0 Å². The fourth-order valence-corrected chi connectivity index (χ4v) is 3.31. The highest BCUT2D eigenvalue weighted by Gasteiger charge is 2.14. The van der Waals surface area contributed by atoms with Crippen molar-refractivity contribution in [2.45, 2.75) is 39.5 Å². The summed E-state index contributed by atoms with van der Waals surface area (Å²) in [5, 5.41) is 0. The third-order valence-electron chi connectivity index (χ3n) is 4.28. The van der Waals surface area contributed by atoms with Gasteiger partial charge in [-0.2, -0.15) is 0 Å². The van der Waals surface area contributed by atoms with Gasteiger partial charge in [0.25, 0.3) is 5.56 Å². The molecule has 0 atom stereocenters. The van der Waals surface area contributed by atoms with Crippen LogP contribution in [-0.2, 0) is 12.8 Å². The molecular formula is C20H21IN2O. The molecule has 0 aliphatic heterocycles. The second kappa shape index (κ2) is 7.47. The molecule has 0 unspecified atom stereocenters. The largest absolute Gasteiger partial charge is 0.269 e. The Morgan fingerprint density at radius 2 is 1.88 bits per heavy atom. The first kappa shape index (κ1) is 17.1. The Morgan fingerprint density at radius 1 is 1.12 bits per heavy atom. The number of rotatable bonds is 5. The van der Waals surface area contributed by atoms with E-state index in [1.807, 2.05) is 25.1 Å². The van der Waals surface area contributed by atoms with Crippen LogP contribution in [0.25, 0.3) is 5.65 Å². The summed E-state index contributed by atoms with van der Waals surface area (Å²) < 4.78 is 2.93. The Morgan fingerprint density at radius 3 is 2.58 bits per heavy atom. The highest BCUT2D eigenvalue weighted by Crippen LogP contribution is 2.15. The summed E-state index contributed by atoms with van der Waals surface area (Å²) in [7, 11) is 0. The predicted octanol–water partition coefficient (Wildman–Crippen LogP) is 4.54. The van der Waals surface area contributed by atoms with Gasteiger partial charge in [-0.15, -0.1) is 0 Å². The van der Waals surface area contributed by atoms with Crippen molar-refractivity contribution in [1.82, 2.24) is 9.38 Å². The minimum absolute atomic E-state index is 0.0720. The monoisotopic (exact) mass is 432 g/mol. The molecule has 0 saturated heterocycles. The fraction of sp³-hybridized carbons (Fsp3) is 0.300. The average Bonchev–Trinajstić information content (AvgIpc) is 2.57. The molecule has 0 aliphatic carbocycles. The van der Waals surface area contributed by atoms with Gasteiger partial charge in [0.05, 0.1) is 5.69 Å². The van der Waals surface area contributed by atoms with E-state index in [4.69, 9.17) is 4.98 Å². The van der Waals surface area contributed by atoms with Crippen molar-refractivity contribution in [3.8, 4) is 0 Å². The molecule has 3 rings (SSSR count). The second-order valence-corrected chi connectivity index (χ2v) is 7.36. The maximum atomic E-state index is 13.1. The minimum Gasteiger partial charge on any atom is -0.269 e. The molecule has 124 valence electrons. The van der Waals surface area contributed by atoms with E-state index in [0.29, 0.717) is 6.42 Å². The van der Waals surface area contributed by atoms with Crippen LogP contribution in [0.15, 0.2) is 47.3 Å². The van der Waals surface area contributed by atoms with Gasteiger partial charge in [0.1, 0.15) is 5.65 Å². The Labute approximate surface area is 155 Å². The van der Waals surface area contributed by atoms with Gasteiger partial charge in [-0.25, -0.2) is 4.98 Å². The van der Waals surface area contributed by atoms with Gasteiger partial charge < -0.3 is 0 Å². The normalized spacial score (nSPS) is 11.1. The lowest BCUT2D eigenvalue weighted by Crippen LogP contribution is -2.24. The van der Waals surface area contributed by atoms with Crippen molar-refractivity contribution >= 4 is 28.2 Å². The van der Waals surface area contributed by atoms with E-state index in [0.717, 1.165) is 47.4 Å². The van der Waals surface area contributed by atoms with Crippen LogP contribution in [0.5, 0.6) is 0 Å². The number of halogens is 1. The summed E-state index contributed by atoms with van der Waals surface area (Å²) in [6, 6.07) is 14.2. The topological polar surface area (TPSA) is 34.4 Å². The van der Waals surface area contributed by atoms with Gasteiger partial charge in [-0.05, 0) is 72.2 Å². The summed E-state index contributed by atoms with van der Waals surface area (Å²) >= 11 is 2.30. The Bertz CT molecular complexity index is 913. The van der Waals surface area contributed by atoms with Gasteiger partial charge in [-0.3, -0.25) is 9.20 Å². The van der Waals surface area contributed by atoms with Crippen molar-refractivity contribution in [2.24, 2.45) is 0 Å². The maximum absolute atomic E-state index is 13.1. The number of fused-ring (bicyclic) bond motifs is 1. The van der Waals surface area contributed by atoms with Crippen LogP contribution in [0.3, 0.4) is 0 Å². The Kier molecular flexibility index (Phi) is 5.33. The fourth-order valence-electron chi connectivity index (χ4n) is 2.95. The molecule has 3 nitrogen and oxygen atoms in total.